The summed E-state index contributed by atoms with van der Waals surface area (Å²) in [5.74, 6) is -0.402. The van der Waals surface area contributed by atoms with Crippen LogP contribution in [0.4, 0.5) is 0 Å². The van der Waals surface area contributed by atoms with Crippen LogP contribution < -0.4 is 11.0 Å². The Kier molecular flexibility index (Phi) is 3.25. The minimum atomic E-state index is -0.402. The maximum atomic E-state index is 12.2. The molecular weight excluding hydrogens is 298 g/mol. The van der Waals surface area contributed by atoms with Crippen molar-refractivity contribution in [3.05, 3.63) is 62.3 Å². The van der Waals surface area contributed by atoms with Gasteiger partial charge in [0.2, 0.25) is 0 Å². The van der Waals surface area contributed by atoms with Gasteiger partial charge in [-0.05, 0) is 24.3 Å². The molecular formula is C13H8ClN3O2S. The Balaban J connectivity index is 1.97. The van der Waals surface area contributed by atoms with E-state index in [2.05, 4.69) is 10.4 Å². The van der Waals surface area contributed by atoms with E-state index in [1.54, 1.807) is 36.4 Å². The number of fused-ring (bicyclic) bond motifs is 1. The number of benzene rings is 1. The van der Waals surface area contributed by atoms with Gasteiger partial charge in [0, 0.05) is 0 Å². The SMILES string of the molecule is O=C(Nn1cnc2ccccc2c1=O)c1ccc(Cl)s1. The number of halogens is 1. The van der Waals surface area contributed by atoms with Crippen molar-refractivity contribution in [3.8, 4) is 0 Å². The number of amides is 1. The second kappa shape index (κ2) is 5.07. The number of thiophene rings is 1. The number of rotatable bonds is 2. The number of para-hydroxylation sites is 1. The fourth-order valence-electron chi connectivity index (χ4n) is 1.75. The fourth-order valence-corrected chi connectivity index (χ4v) is 2.68. The average molecular weight is 306 g/mol. The molecule has 5 nitrogen and oxygen atoms in total. The highest BCUT2D eigenvalue weighted by Crippen LogP contribution is 2.21. The first-order chi connectivity index (χ1) is 9.65. The third-order valence-electron chi connectivity index (χ3n) is 2.68. The van der Waals surface area contributed by atoms with E-state index in [9.17, 15) is 9.59 Å². The zero-order valence-corrected chi connectivity index (χ0v) is 11.6. The lowest BCUT2D eigenvalue weighted by molar-refractivity contribution is 0.101. The van der Waals surface area contributed by atoms with E-state index < -0.39 is 5.91 Å². The molecule has 7 heteroatoms. The first-order valence-electron chi connectivity index (χ1n) is 5.68. The van der Waals surface area contributed by atoms with Crippen molar-refractivity contribution < 1.29 is 4.79 Å². The predicted molar refractivity (Wildman–Crippen MR) is 79.0 cm³/mol. The molecule has 0 saturated heterocycles. The summed E-state index contributed by atoms with van der Waals surface area (Å²) in [6.45, 7) is 0. The molecule has 2 heterocycles. The molecule has 0 aliphatic carbocycles. The van der Waals surface area contributed by atoms with Gasteiger partial charge in [-0.3, -0.25) is 15.0 Å². The van der Waals surface area contributed by atoms with Crippen LogP contribution in [0.5, 0.6) is 0 Å². The van der Waals surface area contributed by atoms with Gasteiger partial charge in [-0.1, -0.05) is 23.7 Å². The number of hydrogen-bond donors (Lipinski definition) is 1. The summed E-state index contributed by atoms with van der Waals surface area (Å²) in [5.41, 5.74) is 2.74. The standard InChI is InChI=1S/C13H8ClN3O2S/c14-11-6-5-10(20-11)12(18)16-17-7-15-9-4-2-1-3-8(9)13(17)19/h1-7H,(H,16,18). The number of hydrogen-bond acceptors (Lipinski definition) is 4. The van der Waals surface area contributed by atoms with Gasteiger partial charge in [-0.25, -0.2) is 9.66 Å². The molecule has 1 amide bonds. The normalized spacial score (nSPS) is 10.7. The van der Waals surface area contributed by atoms with Crippen LogP contribution in [0.25, 0.3) is 10.9 Å². The summed E-state index contributed by atoms with van der Waals surface area (Å²) < 4.78 is 1.58. The highest BCUT2D eigenvalue weighted by molar-refractivity contribution is 7.18. The third-order valence-corrected chi connectivity index (χ3v) is 3.91. The van der Waals surface area contributed by atoms with Gasteiger partial charge in [0.05, 0.1) is 20.1 Å². The second-order valence-corrected chi connectivity index (χ2v) is 5.70. The van der Waals surface area contributed by atoms with Crippen LogP contribution >= 0.6 is 22.9 Å². The van der Waals surface area contributed by atoms with Crippen LogP contribution in [0.1, 0.15) is 9.67 Å². The zero-order valence-electron chi connectivity index (χ0n) is 10.0. The van der Waals surface area contributed by atoms with E-state index in [-0.39, 0.29) is 5.56 Å². The Hall–Kier alpha value is -2.18. The summed E-state index contributed by atoms with van der Waals surface area (Å²) in [4.78, 5) is 28.7. The van der Waals surface area contributed by atoms with Gasteiger partial charge in [-0.15, -0.1) is 11.3 Å². The van der Waals surface area contributed by atoms with E-state index in [0.29, 0.717) is 20.1 Å². The molecule has 0 fully saturated rings. The Labute approximate surface area is 122 Å². The molecule has 100 valence electrons. The lowest BCUT2D eigenvalue weighted by Gasteiger charge is -2.07. The molecule has 0 atom stereocenters. The first-order valence-corrected chi connectivity index (χ1v) is 6.88. The van der Waals surface area contributed by atoms with E-state index in [0.717, 1.165) is 16.0 Å². The van der Waals surface area contributed by atoms with Gasteiger partial charge in [0.1, 0.15) is 6.33 Å². The highest BCUT2D eigenvalue weighted by atomic mass is 35.5. The minimum Gasteiger partial charge on any atom is -0.267 e. The Morgan fingerprint density at radius 3 is 2.80 bits per heavy atom. The van der Waals surface area contributed by atoms with E-state index in [1.165, 1.54) is 6.33 Å². The highest BCUT2D eigenvalue weighted by Gasteiger charge is 2.11. The van der Waals surface area contributed by atoms with Crippen LogP contribution in [0.2, 0.25) is 4.34 Å². The van der Waals surface area contributed by atoms with Gasteiger partial charge < -0.3 is 0 Å². The molecule has 1 N–H and O–H groups in total. The van der Waals surface area contributed by atoms with Crippen LogP contribution in [0.3, 0.4) is 0 Å². The molecule has 20 heavy (non-hydrogen) atoms. The molecule has 0 aliphatic heterocycles. The summed E-state index contributed by atoms with van der Waals surface area (Å²) in [6.07, 6.45) is 1.29. The summed E-state index contributed by atoms with van der Waals surface area (Å²) in [6, 6.07) is 10.2. The molecule has 0 saturated carbocycles. The fraction of sp³-hybridized carbons (Fsp3) is 0. The Morgan fingerprint density at radius 1 is 1.25 bits per heavy atom. The molecule has 2 aromatic heterocycles. The number of aromatic nitrogens is 2. The van der Waals surface area contributed by atoms with Gasteiger partial charge in [-0.2, -0.15) is 0 Å². The minimum absolute atomic E-state index is 0.327. The summed E-state index contributed by atoms with van der Waals surface area (Å²) in [5, 5.41) is 0.444. The first kappa shape index (κ1) is 12.8. The van der Waals surface area contributed by atoms with E-state index in [4.69, 9.17) is 11.6 Å². The van der Waals surface area contributed by atoms with Gasteiger partial charge in [0.25, 0.3) is 11.5 Å². The number of nitrogens with one attached hydrogen (secondary N) is 1. The van der Waals surface area contributed by atoms with Crippen molar-refractivity contribution in [2.75, 3.05) is 5.43 Å². The molecule has 0 radical (unpaired) electrons. The summed E-state index contributed by atoms with van der Waals surface area (Å²) >= 11 is 6.92. The number of carbonyl (C=O) groups excluding carboxylic acids is 1. The molecule has 0 spiro atoms. The van der Waals surface area contributed by atoms with Crippen LogP contribution in [0.15, 0.2) is 47.5 Å². The maximum absolute atomic E-state index is 12.2. The van der Waals surface area contributed by atoms with E-state index in [1.807, 2.05) is 0 Å². The Morgan fingerprint density at radius 2 is 2.05 bits per heavy atom. The molecule has 3 rings (SSSR count). The molecule has 0 bridgehead atoms. The van der Waals surface area contributed by atoms with Crippen molar-refractivity contribution in [3.63, 3.8) is 0 Å². The predicted octanol–water partition coefficient (Wildman–Crippen LogP) is 2.50. The van der Waals surface area contributed by atoms with Crippen molar-refractivity contribution in [1.82, 2.24) is 9.66 Å². The average Bonchev–Trinajstić information content (AvgIpc) is 2.89. The lowest BCUT2D eigenvalue weighted by Crippen LogP contribution is -2.32. The third kappa shape index (κ3) is 2.31. The van der Waals surface area contributed by atoms with Crippen LogP contribution in [-0.4, -0.2) is 15.6 Å². The molecule has 0 aliphatic rings. The largest absolute Gasteiger partial charge is 0.280 e. The van der Waals surface area contributed by atoms with Gasteiger partial charge in [0.15, 0.2) is 0 Å². The smallest absolute Gasteiger partial charge is 0.267 e. The van der Waals surface area contributed by atoms with Gasteiger partial charge >= 0.3 is 0 Å². The lowest BCUT2D eigenvalue weighted by atomic mass is 10.2. The van der Waals surface area contributed by atoms with Crippen molar-refractivity contribution >= 4 is 39.7 Å². The number of carbonyl (C=O) groups is 1. The van der Waals surface area contributed by atoms with E-state index >= 15 is 0 Å². The zero-order chi connectivity index (χ0) is 14.1. The summed E-state index contributed by atoms with van der Waals surface area (Å²) in [7, 11) is 0. The monoisotopic (exact) mass is 305 g/mol. The number of nitrogens with zero attached hydrogens (tertiary/aromatic N) is 2. The quantitative estimate of drug-likeness (QED) is 0.791. The van der Waals surface area contributed by atoms with Crippen molar-refractivity contribution in [2.24, 2.45) is 0 Å². The molecule has 3 aromatic rings. The van der Waals surface area contributed by atoms with Crippen LogP contribution in [0, 0.1) is 0 Å². The topological polar surface area (TPSA) is 64.0 Å². The van der Waals surface area contributed by atoms with Crippen LogP contribution in [-0.2, 0) is 0 Å². The molecule has 0 unspecified atom stereocenters. The Bertz CT molecular complexity index is 856. The van der Waals surface area contributed by atoms with Crippen molar-refractivity contribution in [2.45, 2.75) is 0 Å². The maximum Gasteiger partial charge on any atom is 0.280 e. The van der Waals surface area contributed by atoms with Crippen molar-refractivity contribution in [1.29, 1.82) is 0 Å². The molecule has 1 aromatic carbocycles. The second-order valence-electron chi connectivity index (χ2n) is 3.98.